The normalized spacial score (nSPS) is 18.0. The number of nitrogens with zero attached hydrogens (tertiary/aromatic N) is 6. The van der Waals surface area contributed by atoms with Gasteiger partial charge in [0.1, 0.15) is 12.2 Å². The molecule has 0 radical (unpaired) electrons. The highest BCUT2D eigenvalue weighted by atomic mass is 35.5. The number of nitrogen functional groups attached to an aromatic ring is 1. The number of hydrogen-bond acceptors (Lipinski definition) is 8. The molecule has 0 saturated carbocycles. The van der Waals surface area contributed by atoms with Gasteiger partial charge in [-0.1, -0.05) is 64.7 Å². The summed E-state index contributed by atoms with van der Waals surface area (Å²) in [6.07, 6.45) is 7.05. The van der Waals surface area contributed by atoms with E-state index in [-0.39, 0.29) is 51.0 Å². The minimum atomic E-state index is -0.836. The van der Waals surface area contributed by atoms with Crippen LogP contribution in [0.25, 0.3) is 21.1 Å². The van der Waals surface area contributed by atoms with Crippen LogP contribution in [0.4, 0.5) is 9.93 Å². The third-order valence-electron chi connectivity index (χ3n) is 8.59. The number of hydrogen-bond donors (Lipinski definition) is 3. The Labute approximate surface area is 289 Å². The number of halogens is 2. The maximum absolute atomic E-state index is 14.3. The molecule has 5 aromatic rings. The van der Waals surface area contributed by atoms with Crippen LogP contribution >= 0.6 is 34.5 Å². The second kappa shape index (κ2) is 13.0. The van der Waals surface area contributed by atoms with Crippen molar-refractivity contribution in [3.8, 4) is 12.3 Å². The fraction of sp³-hybridized carbons (Fsp3) is 0.242. The number of thiazole rings is 1. The van der Waals surface area contributed by atoms with Gasteiger partial charge >= 0.3 is 6.03 Å². The van der Waals surface area contributed by atoms with E-state index in [1.54, 1.807) is 39.2 Å². The lowest BCUT2D eigenvalue weighted by atomic mass is 9.99. The third kappa shape index (κ3) is 5.99. The topological polar surface area (TPSA) is 144 Å². The third-order valence-corrected chi connectivity index (χ3v) is 10.2. The zero-order valence-electron chi connectivity index (χ0n) is 25.4. The highest BCUT2D eigenvalue weighted by Gasteiger charge is 2.52. The van der Waals surface area contributed by atoms with Crippen molar-refractivity contribution >= 4 is 78.6 Å². The number of urea groups is 1. The molecule has 0 bridgehead atoms. The number of benzene rings is 3. The van der Waals surface area contributed by atoms with Crippen molar-refractivity contribution in [2.75, 3.05) is 25.4 Å². The van der Waals surface area contributed by atoms with Crippen LogP contribution in [-0.2, 0) is 29.1 Å². The first-order valence-corrected chi connectivity index (χ1v) is 16.6. The van der Waals surface area contributed by atoms with Crippen molar-refractivity contribution in [1.82, 2.24) is 40.3 Å². The van der Waals surface area contributed by atoms with Crippen molar-refractivity contribution in [3.63, 3.8) is 0 Å². The molecule has 0 unspecified atom stereocenters. The molecule has 4 amide bonds. The highest BCUT2D eigenvalue weighted by Crippen LogP contribution is 2.33. The summed E-state index contributed by atoms with van der Waals surface area (Å²) < 4.78 is 0.914. The molecule has 2 aromatic heterocycles. The lowest BCUT2D eigenvalue weighted by Crippen LogP contribution is -2.66. The number of para-hydroxylation sites is 1. The van der Waals surface area contributed by atoms with Gasteiger partial charge in [-0.3, -0.25) is 14.7 Å². The number of anilines is 1. The second-order valence-electron chi connectivity index (χ2n) is 11.6. The fourth-order valence-corrected chi connectivity index (χ4v) is 7.48. The molecule has 4 N–H and O–H groups in total. The Bertz CT molecular complexity index is 2110. The molecule has 48 heavy (non-hydrogen) atoms. The predicted molar refractivity (Wildman–Crippen MR) is 185 cm³/mol. The number of hydrazine groups is 1. The van der Waals surface area contributed by atoms with E-state index in [2.05, 4.69) is 26.4 Å². The summed E-state index contributed by atoms with van der Waals surface area (Å²) in [5, 5.41) is 15.0. The Balaban J connectivity index is 1.20. The minimum Gasteiger partial charge on any atom is -0.375 e. The van der Waals surface area contributed by atoms with Crippen LogP contribution in [0.5, 0.6) is 0 Å². The molecule has 2 saturated heterocycles. The molecule has 2 fully saturated rings. The first-order chi connectivity index (χ1) is 23.2. The summed E-state index contributed by atoms with van der Waals surface area (Å²) in [6, 6.07) is 15.3. The number of terminal acetylenes is 1. The quantitative estimate of drug-likeness (QED) is 0.205. The zero-order chi connectivity index (χ0) is 33.5. The number of fused-ring (bicyclic) bond motifs is 3. The Hall–Kier alpha value is -4.87. The average molecular weight is 703 g/mol. The number of carbonyl (C=O) groups is 3. The van der Waals surface area contributed by atoms with Crippen LogP contribution < -0.4 is 11.1 Å². The molecule has 0 aliphatic carbocycles. The number of nitrogens with one attached hydrogen (secondary N) is 2. The number of aromatic nitrogens is 3. The zero-order valence-corrected chi connectivity index (χ0v) is 27.7. The Kier molecular flexibility index (Phi) is 8.57. The fourth-order valence-electron chi connectivity index (χ4n) is 6.37. The smallest absolute Gasteiger partial charge is 0.333 e. The van der Waals surface area contributed by atoms with Gasteiger partial charge in [-0.25, -0.2) is 14.8 Å². The second-order valence-corrected chi connectivity index (χ2v) is 13.5. The van der Waals surface area contributed by atoms with Crippen molar-refractivity contribution in [2.24, 2.45) is 0 Å². The van der Waals surface area contributed by atoms with Gasteiger partial charge in [0.05, 0.1) is 51.6 Å². The summed E-state index contributed by atoms with van der Waals surface area (Å²) in [6.45, 7) is 0.291. The van der Waals surface area contributed by atoms with E-state index in [0.717, 1.165) is 37.8 Å². The van der Waals surface area contributed by atoms with Crippen LogP contribution in [0.3, 0.4) is 0 Å². The van der Waals surface area contributed by atoms with E-state index in [4.69, 9.17) is 35.4 Å². The van der Waals surface area contributed by atoms with E-state index < -0.39 is 18.2 Å². The summed E-state index contributed by atoms with van der Waals surface area (Å²) in [5.74, 6) is 2.06. The van der Waals surface area contributed by atoms with Crippen LogP contribution in [0, 0.1) is 12.3 Å². The molecule has 0 spiro atoms. The monoisotopic (exact) mass is 701 g/mol. The van der Waals surface area contributed by atoms with Crippen LogP contribution in [0.2, 0.25) is 10.0 Å². The number of piperazine rings is 1. The molecular weight excluding hydrogens is 673 g/mol. The number of nitrogens with two attached hydrogens (primary N) is 1. The predicted octanol–water partition coefficient (Wildman–Crippen LogP) is 4.25. The van der Waals surface area contributed by atoms with Gasteiger partial charge < -0.3 is 20.9 Å². The van der Waals surface area contributed by atoms with Gasteiger partial charge in [-0.15, -0.1) is 6.42 Å². The molecular formula is C33H29Cl2N9O3S. The summed E-state index contributed by atoms with van der Waals surface area (Å²) in [4.78, 5) is 49.6. The first kappa shape index (κ1) is 31.7. The van der Waals surface area contributed by atoms with Crippen LogP contribution in [0.1, 0.15) is 16.7 Å². The molecule has 3 aromatic carbocycles. The van der Waals surface area contributed by atoms with Crippen molar-refractivity contribution in [1.29, 1.82) is 0 Å². The molecule has 4 heterocycles. The Morgan fingerprint density at radius 1 is 1.15 bits per heavy atom. The molecule has 12 nitrogen and oxygen atoms in total. The van der Waals surface area contributed by atoms with E-state index in [0.29, 0.717) is 15.2 Å². The number of aromatic amines is 1. The van der Waals surface area contributed by atoms with E-state index in [1.165, 1.54) is 16.3 Å². The minimum absolute atomic E-state index is 0.0992. The highest BCUT2D eigenvalue weighted by molar-refractivity contribution is 7.22. The molecule has 2 aliphatic heterocycles. The molecule has 244 valence electrons. The molecule has 2 aliphatic rings. The van der Waals surface area contributed by atoms with Gasteiger partial charge in [0.2, 0.25) is 11.8 Å². The lowest BCUT2D eigenvalue weighted by molar-refractivity contribution is -0.157. The molecule has 2 atom stereocenters. The number of carbonyl (C=O) groups excluding carboxylic acids is 3. The molecule has 7 rings (SSSR count). The largest absolute Gasteiger partial charge is 0.375 e. The molecule has 15 heteroatoms. The van der Waals surface area contributed by atoms with Gasteiger partial charge in [0, 0.05) is 24.9 Å². The number of amides is 4. The van der Waals surface area contributed by atoms with Gasteiger partial charge in [-0.05, 0) is 47.0 Å². The first-order valence-electron chi connectivity index (χ1n) is 15.1. The van der Waals surface area contributed by atoms with Gasteiger partial charge in [0.15, 0.2) is 5.13 Å². The van der Waals surface area contributed by atoms with Crippen molar-refractivity contribution < 1.29 is 14.4 Å². The Morgan fingerprint density at radius 3 is 2.79 bits per heavy atom. The van der Waals surface area contributed by atoms with Gasteiger partial charge in [-0.2, -0.15) is 10.1 Å². The summed E-state index contributed by atoms with van der Waals surface area (Å²) >= 11 is 13.6. The van der Waals surface area contributed by atoms with Gasteiger partial charge in [0.25, 0.3) is 0 Å². The van der Waals surface area contributed by atoms with Crippen LogP contribution in [0.15, 0.2) is 60.8 Å². The SMILES string of the molecule is C#CCN(C(=O)NCc1ccc(Cl)c(Cl)c1)N1CC(=O)N2[C@@H](Cc3ccc4[nH]ncc4c3)C(=O)N(Cc3cccc4sc(N)nc34)C[C@@H]21. The Morgan fingerprint density at radius 2 is 1.98 bits per heavy atom. The average Bonchev–Trinajstić information content (AvgIpc) is 3.78. The summed E-state index contributed by atoms with van der Waals surface area (Å²) in [5.41, 5.74) is 10.0. The van der Waals surface area contributed by atoms with E-state index >= 15 is 0 Å². The summed E-state index contributed by atoms with van der Waals surface area (Å²) in [7, 11) is 0. The number of H-pyrrole nitrogens is 1. The number of rotatable bonds is 8. The van der Waals surface area contributed by atoms with Crippen molar-refractivity contribution in [2.45, 2.75) is 31.7 Å². The van der Waals surface area contributed by atoms with E-state index in [1.807, 2.05) is 36.4 Å². The van der Waals surface area contributed by atoms with Crippen LogP contribution in [-0.4, -0.2) is 84.7 Å². The van der Waals surface area contributed by atoms with E-state index in [9.17, 15) is 14.4 Å². The maximum Gasteiger partial charge on any atom is 0.333 e. The maximum atomic E-state index is 14.3. The standard InChI is InChI=1S/C33H29Cl2N9O3S/c1-2-10-42(33(47)37-14-20-6-8-23(34)24(35)12-20)43-18-29(45)44-26(13-19-7-9-25-22(11-19)15-38-40-25)31(46)41(17-28(43)44)16-21-4-3-5-27-30(21)39-32(36)48-27/h1,3-9,11-12,15,26,28H,10,13-14,16-18H2,(H2,36,39)(H,37,47)(H,38,40)/t26-,28+/m0/s1. The van der Waals surface area contributed by atoms with Crippen molar-refractivity contribution in [3.05, 3.63) is 87.5 Å². The lowest BCUT2D eigenvalue weighted by Gasteiger charge is -2.46.